The van der Waals surface area contributed by atoms with Gasteiger partial charge in [-0.3, -0.25) is 9.69 Å². The summed E-state index contributed by atoms with van der Waals surface area (Å²) in [7, 11) is 0. The number of likely N-dealkylation sites (tertiary alicyclic amines) is 1. The van der Waals surface area contributed by atoms with Crippen LogP contribution in [0.2, 0.25) is 10.0 Å². The van der Waals surface area contributed by atoms with Gasteiger partial charge in [-0.1, -0.05) is 29.3 Å². The van der Waals surface area contributed by atoms with E-state index in [1.54, 1.807) is 6.92 Å². The first-order valence-electron chi connectivity index (χ1n) is 6.23. The zero-order valence-corrected chi connectivity index (χ0v) is 12.0. The first-order valence-corrected chi connectivity index (χ1v) is 6.98. The van der Waals surface area contributed by atoms with Crippen molar-refractivity contribution in [3.05, 3.63) is 33.8 Å². The molecule has 0 bridgehead atoms. The van der Waals surface area contributed by atoms with Gasteiger partial charge in [-0.05, 0) is 44.0 Å². The average molecular weight is 286 g/mol. The number of nitrogens with zero attached hydrogens (tertiary/aromatic N) is 1. The molecular weight excluding hydrogens is 269 g/mol. The maximum Gasteiger partial charge on any atom is 0.134 e. The van der Waals surface area contributed by atoms with Gasteiger partial charge in [0.1, 0.15) is 5.78 Å². The van der Waals surface area contributed by atoms with E-state index in [0.717, 1.165) is 38.0 Å². The zero-order chi connectivity index (χ0) is 13.1. The van der Waals surface area contributed by atoms with E-state index in [1.165, 1.54) is 0 Å². The minimum atomic E-state index is 0.196. The van der Waals surface area contributed by atoms with Crippen LogP contribution in [0.25, 0.3) is 0 Å². The van der Waals surface area contributed by atoms with Crippen molar-refractivity contribution < 1.29 is 4.79 Å². The predicted molar refractivity (Wildman–Crippen MR) is 75.1 cm³/mol. The Kier molecular flexibility index (Phi) is 4.66. The van der Waals surface area contributed by atoms with Gasteiger partial charge in [-0.25, -0.2) is 0 Å². The third-order valence-corrected chi connectivity index (χ3v) is 4.21. The summed E-state index contributed by atoms with van der Waals surface area (Å²) in [5.41, 5.74) is 1.15. The molecule has 1 atom stereocenters. The molecule has 98 valence electrons. The fourth-order valence-electron chi connectivity index (χ4n) is 2.43. The lowest BCUT2D eigenvalue weighted by Crippen LogP contribution is -2.37. The Morgan fingerprint density at radius 1 is 1.39 bits per heavy atom. The zero-order valence-electron chi connectivity index (χ0n) is 10.5. The summed E-state index contributed by atoms with van der Waals surface area (Å²) in [5.74, 6) is 0.496. The molecule has 1 saturated heterocycles. The number of hydrogen-bond donors (Lipinski definition) is 0. The van der Waals surface area contributed by atoms with E-state index < -0.39 is 0 Å². The highest BCUT2D eigenvalue weighted by Crippen LogP contribution is 2.25. The van der Waals surface area contributed by atoms with Crippen LogP contribution in [-0.4, -0.2) is 23.8 Å². The smallest absolute Gasteiger partial charge is 0.134 e. The summed E-state index contributed by atoms with van der Waals surface area (Å²) < 4.78 is 0. The van der Waals surface area contributed by atoms with E-state index in [4.69, 9.17) is 23.2 Å². The van der Waals surface area contributed by atoms with Gasteiger partial charge in [0.2, 0.25) is 0 Å². The van der Waals surface area contributed by atoms with Crippen LogP contribution < -0.4 is 0 Å². The maximum atomic E-state index is 11.4. The van der Waals surface area contributed by atoms with Crippen molar-refractivity contribution in [3.63, 3.8) is 0 Å². The molecule has 0 aliphatic carbocycles. The second-order valence-corrected chi connectivity index (χ2v) is 5.75. The van der Waals surface area contributed by atoms with Crippen LogP contribution in [0.3, 0.4) is 0 Å². The molecule has 1 aromatic rings. The minimum absolute atomic E-state index is 0.196. The van der Waals surface area contributed by atoms with Gasteiger partial charge in [0.15, 0.2) is 0 Å². The number of piperidine rings is 1. The second kappa shape index (κ2) is 6.05. The number of hydrogen-bond acceptors (Lipinski definition) is 2. The topological polar surface area (TPSA) is 20.3 Å². The number of Topliss-reactive ketones (excluding diaryl/α,β-unsaturated/α-hetero) is 1. The maximum absolute atomic E-state index is 11.4. The van der Waals surface area contributed by atoms with Gasteiger partial charge in [0.05, 0.1) is 10.0 Å². The van der Waals surface area contributed by atoms with Gasteiger partial charge >= 0.3 is 0 Å². The lowest BCUT2D eigenvalue weighted by molar-refractivity contribution is -0.122. The lowest BCUT2D eigenvalue weighted by Gasteiger charge is -2.31. The Hall–Kier alpha value is -0.570. The molecule has 0 radical (unpaired) electrons. The molecule has 18 heavy (non-hydrogen) atoms. The monoisotopic (exact) mass is 285 g/mol. The molecule has 1 fully saturated rings. The van der Waals surface area contributed by atoms with Gasteiger partial charge in [0, 0.05) is 19.0 Å². The molecule has 2 rings (SSSR count). The summed E-state index contributed by atoms with van der Waals surface area (Å²) in [5, 5.41) is 1.18. The van der Waals surface area contributed by atoms with Crippen LogP contribution >= 0.6 is 23.2 Å². The normalized spacial score (nSPS) is 20.9. The number of rotatable bonds is 3. The van der Waals surface area contributed by atoms with Crippen molar-refractivity contribution in [1.29, 1.82) is 0 Å². The van der Waals surface area contributed by atoms with Crippen molar-refractivity contribution >= 4 is 29.0 Å². The fraction of sp³-hybridized carbons (Fsp3) is 0.500. The van der Waals surface area contributed by atoms with Gasteiger partial charge in [0.25, 0.3) is 0 Å². The number of carbonyl (C=O) groups is 1. The van der Waals surface area contributed by atoms with Crippen molar-refractivity contribution in [1.82, 2.24) is 4.90 Å². The molecular formula is C14H17Cl2NO. The summed E-state index contributed by atoms with van der Waals surface area (Å²) in [6, 6.07) is 5.72. The van der Waals surface area contributed by atoms with Crippen molar-refractivity contribution in [3.8, 4) is 0 Å². The van der Waals surface area contributed by atoms with Gasteiger partial charge in [-0.2, -0.15) is 0 Å². The molecule has 2 nitrogen and oxygen atoms in total. The van der Waals surface area contributed by atoms with E-state index in [0.29, 0.717) is 15.8 Å². The summed E-state index contributed by atoms with van der Waals surface area (Å²) in [4.78, 5) is 13.7. The molecule has 0 spiro atoms. The number of ketones is 1. The number of benzene rings is 1. The lowest BCUT2D eigenvalue weighted by atomic mass is 9.94. The Morgan fingerprint density at radius 3 is 2.83 bits per heavy atom. The molecule has 0 N–H and O–H groups in total. The highest BCUT2D eigenvalue weighted by atomic mass is 35.5. The van der Waals surface area contributed by atoms with E-state index >= 15 is 0 Å². The van der Waals surface area contributed by atoms with E-state index in [2.05, 4.69) is 4.90 Å². The molecule has 0 saturated carbocycles. The highest BCUT2D eigenvalue weighted by Gasteiger charge is 2.23. The van der Waals surface area contributed by atoms with E-state index in [9.17, 15) is 4.79 Å². The Bertz CT molecular complexity index is 447. The number of halogens is 2. The van der Waals surface area contributed by atoms with Crippen LogP contribution in [0.1, 0.15) is 25.3 Å². The Balaban J connectivity index is 2.00. The second-order valence-electron chi connectivity index (χ2n) is 4.93. The average Bonchev–Trinajstić information content (AvgIpc) is 2.34. The molecule has 1 aliphatic heterocycles. The highest BCUT2D eigenvalue weighted by molar-refractivity contribution is 6.42. The molecule has 0 amide bonds. The van der Waals surface area contributed by atoms with Gasteiger partial charge in [-0.15, -0.1) is 0 Å². The van der Waals surface area contributed by atoms with Crippen molar-refractivity contribution in [2.24, 2.45) is 5.92 Å². The fourth-order valence-corrected chi connectivity index (χ4v) is 2.75. The Labute approximate surface area is 118 Å². The summed E-state index contributed by atoms with van der Waals surface area (Å²) >= 11 is 11.9. The van der Waals surface area contributed by atoms with Crippen LogP contribution in [-0.2, 0) is 11.3 Å². The molecule has 1 unspecified atom stereocenters. The molecule has 1 aliphatic rings. The third kappa shape index (κ3) is 3.47. The van der Waals surface area contributed by atoms with E-state index in [-0.39, 0.29) is 5.92 Å². The Morgan fingerprint density at radius 2 is 2.17 bits per heavy atom. The van der Waals surface area contributed by atoms with Crippen LogP contribution in [0, 0.1) is 5.92 Å². The standard InChI is InChI=1S/C14H17Cl2NO/c1-10(18)12-3-2-6-17(9-12)8-11-4-5-13(15)14(16)7-11/h4-5,7,12H,2-3,6,8-9H2,1H3. The van der Waals surface area contributed by atoms with Crippen LogP contribution in [0.5, 0.6) is 0 Å². The predicted octanol–water partition coefficient (Wildman–Crippen LogP) is 3.79. The first-order chi connectivity index (χ1) is 8.56. The van der Waals surface area contributed by atoms with Crippen molar-refractivity contribution in [2.45, 2.75) is 26.3 Å². The SMILES string of the molecule is CC(=O)C1CCCN(Cc2ccc(Cl)c(Cl)c2)C1. The van der Waals surface area contributed by atoms with Crippen LogP contribution in [0.4, 0.5) is 0 Å². The molecule has 0 aromatic heterocycles. The molecule has 4 heteroatoms. The first kappa shape index (κ1) is 13.9. The third-order valence-electron chi connectivity index (χ3n) is 3.47. The van der Waals surface area contributed by atoms with Gasteiger partial charge < -0.3 is 0 Å². The minimum Gasteiger partial charge on any atom is -0.300 e. The summed E-state index contributed by atoms with van der Waals surface area (Å²) in [6.45, 7) is 4.42. The van der Waals surface area contributed by atoms with E-state index in [1.807, 2.05) is 18.2 Å². The van der Waals surface area contributed by atoms with Crippen molar-refractivity contribution in [2.75, 3.05) is 13.1 Å². The number of carbonyl (C=O) groups excluding carboxylic acids is 1. The van der Waals surface area contributed by atoms with Crippen LogP contribution in [0.15, 0.2) is 18.2 Å². The summed E-state index contributed by atoms with van der Waals surface area (Å²) in [6.07, 6.45) is 2.11. The molecule has 1 aromatic carbocycles. The molecule has 1 heterocycles. The largest absolute Gasteiger partial charge is 0.300 e. The quantitative estimate of drug-likeness (QED) is 0.842.